The lowest BCUT2D eigenvalue weighted by Crippen LogP contribution is -2.32. The average Bonchev–Trinajstić information content (AvgIpc) is 2.82. The molecule has 0 aliphatic rings. The van der Waals surface area contributed by atoms with Crippen molar-refractivity contribution in [2.24, 2.45) is 5.92 Å². The molecule has 166 valence electrons. The first-order chi connectivity index (χ1) is 16.0. The Balaban J connectivity index is 2.01. The maximum Gasteiger partial charge on any atom is 0.211 e. The first-order valence-corrected chi connectivity index (χ1v) is 10.7. The Morgan fingerprint density at radius 1 is 0.788 bits per heavy atom. The van der Waals surface area contributed by atoms with E-state index in [1.165, 1.54) is 12.2 Å². The zero-order valence-electron chi connectivity index (χ0n) is 17.7. The quantitative estimate of drug-likeness (QED) is 0.164. The molecule has 0 N–H and O–H groups in total. The van der Waals surface area contributed by atoms with Gasteiger partial charge in [0.1, 0.15) is 0 Å². The van der Waals surface area contributed by atoms with Gasteiger partial charge in [-0.05, 0) is 34.9 Å². The van der Waals surface area contributed by atoms with Crippen molar-refractivity contribution in [3.8, 4) is 0 Å². The molecular weight excluding hydrogens is 438 g/mol. The van der Waals surface area contributed by atoms with Gasteiger partial charge < -0.3 is 0 Å². The topological polar surface area (TPSA) is 77.3 Å². The Morgan fingerprint density at radius 3 is 1.70 bits per heavy atom. The number of hydrogen-bond donors (Lipinski definition) is 0. The number of ketones is 2. The van der Waals surface area contributed by atoms with Crippen molar-refractivity contribution in [1.29, 1.82) is 0 Å². The monoisotopic (exact) mass is 459 g/mol. The lowest BCUT2D eigenvalue weighted by molar-refractivity contribution is -0.484. The molecule has 0 bridgehead atoms. The SMILES string of the molecule is O=C(/C=C/c1ccccc1)C(C(=O)/C=C/c1ccccc1)[C@H](C[N+](=O)[O-])c1ccccc1Cl. The molecule has 1 atom stereocenters. The molecule has 3 aromatic rings. The summed E-state index contributed by atoms with van der Waals surface area (Å²) in [6.45, 7) is -0.607. The maximum atomic E-state index is 13.3. The highest BCUT2D eigenvalue weighted by Gasteiger charge is 2.37. The number of carbonyl (C=O) groups is 2. The molecule has 3 rings (SSSR count). The molecule has 0 amide bonds. The van der Waals surface area contributed by atoms with Crippen LogP contribution < -0.4 is 0 Å². The van der Waals surface area contributed by atoms with E-state index < -0.39 is 34.9 Å². The number of rotatable bonds is 10. The number of carbonyl (C=O) groups excluding carboxylic acids is 2. The fraction of sp³-hybridized carbons (Fsp3) is 0.111. The van der Waals surface area contributed by atoms with Crippen molar-refractivity contribution < 1.29 is 14.5 Å². The van der Waals surface area contributed by atoms with E-state index in [-0.39, 0.29) is 5.02 Å². The van der Waals surface area contributed by atoms with Gasteiger partial charge in [0.05, 0.1) is 11.8 Å². The Hall–Kier alpha value is -3.83. The fourth-order valence-corrected chi connectivity index (χ4v) is 3.82. The molecule has 0 saturated heterocycles. The molecule has 5 nitrogen and oxygen atoms in total. The third kappa shape index (κ3) is 6.82. The number of hydrogen-bond acceptors (Lipinski definition) is 4. The third-order valence-electron chi connectivity index (χ3n) is 5.15. The van der Waals surface area contributed by atoms with E-state index in [1.807, 2.05) is 60.7 Å². The van der Waals surface area contributed by atoms with Crippen LogP contribution in [0, 0.1) is 16.0 Å². The maximum absolute atomic E-state index is 13.3. The van der Waals surface area contributed by atoms with Crippen LogP contribution in [0.5, 0.6) is 0 Å². The predicted octanol–water partition coefficient (Wildman–Crippen LogP) is 5.88. The van der Waals surface area contributed by atoms with Gasteiger partial charge in [0.2, 0.25) is 6.54 Å². The number of allylic oxidation sites excluding steroid dienone is 2. The van der Waals surface area contributed by atoms with E-state index in [0.717, 1.165) is 11.1 Å². The highest BCUT2D eigenvalue weighted by molar-refractivity contribution is 6.31. The molecule has 3 aromatic carbocycles. The molecular formula is C27H22ClNO4. The minimum absolute atomic E-state index is 0.272. The second-order valence-corrected chi connectivity index (χ2v) is 7.82. The van der Waals surface area contributed by atoms with Gasteiger partial charge >= 0.3 is 0 Å². The Labute approximate surface area is 197 Å². The first-order valence-electron chi connectivity index (χ1n) is 10.4. The fourth-order valence-electron chi connectivity index (χ4n) is 3.55. The van der Waals surface area contributed by atoms with E-state index >= 15 is 0 Å². The summed E-state index contributed by atoms with van der Waals surface area (Å²) in [5.41, 5.74) is 1.95. The summed E-state index contributed by atoms with van der Waals surface area (Å²) in [7, 11) is 0. The molecule has 0 spiro atoms. The molecule has 0 heterocycles. The van der Waals surface area contributed by atoms with Crippen molar-refractivity contribution >= 4 is 35.3 Å². The molecule has 0 saturated carbocycles. The lowest BCUT2D eigenvalue weighted by atomic mass is 9.80. The number of benzene rings is 3. The van der Waals surface area contributed by atoms with Gasteiger partial charge in [0.15, 0.2) is 11.6 Å². The highest BCUT2D eigenvalue weighted by atomic mass is 35.5. The van der Waals surface area contributed by atoms with E-state index in [2.05, 4.69) is 0 Å². The highest BCUT2D eigenvalue weighted by Crippen LogP contribution is 2.33. The summed E-state index contributed by atoms with van der Waals surface area (Å²) in [6, 6.07) is 24.9. The second kappa shape index (κ2) is 11.7. The van der Waals surface area contributed by atoms with Crippen molar-refractivity contribution in [2.45, 2.75) is 5.92 Å². The third-order valence-corrected chi connectivity index (χ3v) is 5.49. The first kappa shape index (κ1) is 23.8. The minimum atomic E-state index is -1.30. The van der Waals surface area contributed by atoms with Crippen LogP contribution in [0.4, 0.5) is 0 Å². The van der Waals surface area contributed by atoms with Gasteiger partial charge in [-0.15, -0.1) is 0 Å². The van der Waals surface area contributed by atoms with Crippen molar-refractivity contribution in [1.82, 2.24) is 0 Å². The van der Waals surface area contributed by atoms with Crippen LogP contribution in [0.25, 0.3) is 12.2 Å². The normalized spacial score (nSPS) is 12.3. The van der Waals surface area contributed by atoms with Crippen LogP contribution in [0.1, 0.15) is 22.6 Å². The molecule has 0 radical (unpaired) electrons. The van der Waals surface area contributed by atoms with Gasteiger partial charge in [-0.25, -0.2) is 0 Å². The zero-order valence-corrected chi connectivity index (χ0v) is 18.5. The smallest absolute Gasteiger partial charge is 0.211 e. The summed E-state index contributed by atoms with van der Waals surface area (Å²) in [5, 5.41) is 11.8. The van der Waals surface area contributed by atoms with E-state index in [1.54, 1.807) is 36.4 Å². The van der Waals surface area contributed by atoms with Crippen molar-refractivity contribution in [2.75, 3.05) is 6.54 Å². The molecule has 0 fully saturated rings. The standard InChI is InChI=1S/C27H22ClNO4/c28-24-14-8-7-13-22(24)23(19-29(32)33)27(25(30)17-15-20-9-3-1-4-10-20)26(31)18-16-21-11-5-2-6-12-21/h1-18,23,27H,19H2/b17-15+,18-16+/t23-/m1/s1. The van der Waals surface area contributed by atoms with Crippen LogP contribution in [0.15, 0.2) is 97.1 Å². The summed E-state index contributed by atoms with van der Waals surface area (Å²) in [5.74, 6) is -3.36. The van der Waals surface area contributed by atoms with Gasteiger partial charge in [0, 0.05) is 9.95 Å². The predicted molar refractivity (Wildman–Crippen MR) is 131 cm³/mol. The zero-order chi connectivity index (χ0) is 23.6. The van der Waals surface area contributed by atoms with Crippen LogP contribution in [0.2, 0.25) is 5.02 Å². The van der Waals surface area contributed by atoms with Crippen LogP contribution in [0.3, 0.4) is 0 Å². The Bertz CT molecular complexity index is 1110. The molecule has 0 aromatic heterocycles. The van der Waals surface area contributed by atoms with E-state index in [0.29, 0.717) is 5.56 Å². The van der Waals surface area contributed by atoms with Crippen LogP contribution >= 0.6 is 11.6 Å². The number of halogens is 1. The summed E-state index contributed by atoms with van der Waals surface area (Å²) < 4.78 is 0. The van der Waals surface area contributed by atoms with Crippen LogP contribution in [-0.4, -0.2) is 23.0 Å². The lowest BCUT2D eigenvalue weighted by Gasteiger charge is -2.21. The summed E-state index contributed by atoms with van der Waals surface area (Å²) in [6.07, 6.45) is 5.80. The summed E-state index contributed by atoms with van der Waals surface area (Å²) >= 11 is 6.32. The summed E-state index contributed by atoms with van der Waals surface area (Å²) in [4.78, 5) is 37.5. The Morgan fingerprint density at radius 2 is 1.24 bits per heavy atom. The number of nitrogens with zero attached hydrogens (tertiary/aromatic N) is 1. The van der Waals surface area contributed by atoms with Crippen molar-refractivity contribution in [3.63, 3.8) is 0 Å². The van der Waals surface area contributed by atoms with Gasteiger partial charge in [-0.3, -0.25) is 19.7 Å². The van der Waals surface area contributed by atoms with Gasteiger partial charge in [0.25, 0.3) is 0 Å². The molecule has 6 heteroatoms. The second-order valence-electron chi connectivity index (χ2n) is 7.41. The average molecular weight is 460 g/mol. The van der Waals surface area contributed by atoms with E-state index in [4.69, 9.17) is 11.6 Å². The van der Waals surface area contributed by atoms with Crippen LogP contribution in [-0.2, 0) is 9.59 Å². The molecule has 0 aliphatic heterocycles. The molecule has 0 aliphatic carbocycles. The van der Waals surface area contributed by atoms with Gasteiger partial charge in [-0.2, -0.15) is 0 Å². The molecule has 33 heavy (non-hydrogen) atoms. The Kier molecular flexibility index (Phi) is 8.44. The molecule has 0 unspecified atom stereocenters. The van der Waals surface area contributed by atoms with Crippen molar-refractivity contribution in [3.05, 3.63) is 129 Å². The largest absolute Gasteiger partial charge is 0.294 e. The number of nitro groups is 1. The minimum Gasteiger partial charge on any atom is -0.294 e. The van der Waals surface area contributed by atoms with E-state index in [9.17, 15) is 19.7 Å². The van der Waals surface area contributed by atoms with Gasteiger partial charge in [-0.1, -0.05) is 103 Å².